The van der Waals surface area contributed by atoms with E-state index in [9.17, 15) is 5.11 Å². The molecule has 0 aliphatic carbocycles. The zero-order valence-corrected chi connectivity index (χ0v) is 7.33. The van der Waals surface area contributed by atoms with Crippen LogP contribution in [0.15, 0.2) is 0 Å². The number of nitrogens with one attached hydrogen (secondary N) is 1. The normalized spacial score (nSPS) is 38.8. The molecular weight excluding hydrogens is 154 g/mol. The van der Waals surface area contributed by atoms with Gasteiger partial charge in [-0.1, -0.05) is 0 Å². The van der Waals surface area contributed by atoms with Crippen molar-refractivity contribution in [3.05, 3.63) is 0 Å². The molecule has 0 spiro atoms. The summed E-state index contributed by atoms with van der Waals surface area (Å²) in [6, 6.07) is 0. The summed E-state index contributed by atoms with van der Waals surface area (Å²) in [7, 11) is 0. The van der Waals surface area contributed by atoms with Gasteiger partial charge in [-0.05, 0) is 18.8 Å². The Labute approximate surface area is 73.1 Å². The van der Waals surface area contributed by atoms with E-state index in [0.717, 1.165) is 39.1 Å². The molecule has 2 unspecified atom stereocenters. The Morgan fingerprint density at radius 2 is 1.92 bits per heavy atom. The van der Waals surface area contributed by atoms with Crippen molar-refractivity contribution in [1.82, 2.24) is 5.32 Å². The monoisotopic (exact) mass is 171 g/mol. The van der Waals surface area contributed by atoms with Gasteiger partial charge in [0.25, 0.3) is 0 Å². The van der Waals surface area contributed by atoms with E-state index in [4.69, 9.17) is 4.74 Å². The molecule has 0 aromatic heterocycles. The number of ether oxygens (including phenoxy) is 1. The van der Waals surface area contributed by atoms with Gasteiger partial charge in [-0.3, -0.25) is 0 Å². The maximum absolute atomic E-state index is 9.64. The number of aliphatic hydroxyl groups excluding tert-OH is 1. The highest BCUT2D eigenvalue weighted by molar-refractivity contribution is 4.86. The van der Waals surface area contributed by atoms with E-state index in [1.165, 1.54) is 0 Å². The van der Waals surface area contributed by atoms with E-state index >= 15 is 0 Å². The van der Waals surface area contributed by atoms with Crippen molar-refractivity contribution in [2.75, 3.05) is 26.3 Å². The van der Waals surface area contributed by atoms with Crippen molar-refractivity contribution in [2.24, 2.45) is 11.8 Å². The third-order valence-electron chi connectivity index (χ3n) is 3.10. The van der Waals surface area contributed by atoms with E-state index in [0.29, 0.717) is 11.8 Å². The Hall–Kier alpha value is -0.120. The zero-order valence-electron chi connectivity index (χ0n) is 7.33. The highest BCUT2D eigenvalue weighted by Crippen LogP contribution is 2.27. The SMILES string of the molecule is OC1CNCC1C1CCOCC1. The van der Waals surface area contributed by atoms with Crippen LogP contribution in [0.25, 0.3) is 0 Å². The van der Waals surface area contributed by atoms with Gasteiger partial charge in [-0.2, -0.15) is 0 Å². The molecule has 2 heterocycles. The Bertz CT molecular complexity index is 145. The van der Waals surface area contributed by atoms with Crippen molar-refractivity contribution < 1.29 is 9.84 Å². The molecule has 2 aliphatic heterocycles. The van der Waals surface area contributed by atoms with Gasteiger partial charge in [0.15, 0.2) is 0 Å². The lowest BCUT2D eigenvalue weighted by molar-refractivity contribution is 0.0224. The van der Waals surface area contributed by atoms with Crippen LogP contribution < -0.4 is 5.32 Å². The van der Waals surface area contributed by atoms with Crippen molar-refractivity contribution in [2.45, 2.75) is 18.9 Å². The van der Waals surface area contributed by atoms with E-state index < -0.39 is 0 Å². The number of rotatable bonds is 1. The second-order valence-corrected chi connectivity index (χ2v) is 3.84. The fraction of sp³-hybridized carbons (Fsp3) is 1.00. The van der Waals surface area contributed by atoms with Crippen LogP contribution in [-0.2, 0) is 4.74 Å². The van der Waals surface area contributed by atoms with Gasteiger partial charge in [0.05, 0.1) is 6.10 Å². The number of β-amino-alcohol motifs (C(OH)–C–C–N with tert-alkyl or cyclic N) is 1. The van der Waals surface area contributed by atoms with E-state index in [2.05, 4.69) is 5.32 Å². The summed E-state index contributed by atoms with van der Waals surface area (Å²) in [5, 5.41) is 12.9. The fourth-order valence-corrected chi connectivity index (χ4v) is 2.31. The van der Waals surface area contributed by atoms with Gasteiger partial charge in [0.1, 0.15) is 0 Å². The summed E-state index contributed by atoms with van der Waals surface area (Å²) in [5.74, 6) is 1.16. The Balaban J connectivity index is 1.89. The van der Waals surface area contributed by atoms with Gasteiger partial charge in [0, 0.05) is 32.2 Å². The van der Waals surface area contributed by atoms with Crippen LogP contribution in [0.2, 0.25) is 0 Å². The molecule has 0 aromatic carbocycles. The van der Waals surface area contributed by atoms with Gasteiger partial charge in [-0.15, -0.1) is 0 Å². The minimum atomic E-state index is -0.118. The van der Waals surface area contributed by atoms with Crippen LogP contribution in [-0.4, -0.2) is 37.5 Å². The minimum Gasteiger partial charge on any atom is -0.391 e. The molecule has 0 amide bonds. The topological polar surface area (TPSA) is 41.5 Å². The number of hydrogen-bond acceptors (Lipinski definition) is 3. The predicted molar refractivity (Wildman–Crippen MR) is 45.9 cm³/mol. The van der Waals surface area contributed by atoms with Crippen LogP contribution in [0.5, 0.6) is 0 Å². The largest absolute Gasteiger partial charge is 0.391 e. The molecule has 2 rings (SSSR count). The highest BCUT2D eigenvalue weighted by Gasteiger charge is 2.32. The Morgan fingerprint density at radius 1 is 1.17 bits per heavy atom. The molecule has 3 nitrogen and oxygen atoms in total. The van der Waals surface area contributed by atoms with Gasteiger partial charge in [0.2, 0.25) is 0 Å². The maximum Gasteiger partial charge on any atom is 0.0707 e. The average Bonchev–Trinajstić information content (AvgIpc) is 2.53. The molecule has 0 aromatic rings. The van der Waals surface area contributed by atoms with Crippen LogP contribution >= 0.6 is 0 Å². The quantitative estimate of drug-likeness (QED) is 0.583. The maximum atomic E-state index is 9.64. The molecule has 0 saturated carbocycles. The lowest BCUT2D eigenvalue weighted by Crippen LogP contribution is -2.30. The molecule has 0 radical (unpaired) electrons. The number of hydrogen-bond donors (Lipinski definition) is 2. The zero-order chi connectivity index (χ0) is 8.39. The molecule has 2 saturated heterocycles. The summed E-state index contributed by atoms with van der Waals surface area (Å²) < 4.78 is 5.29. The van der Waals surface area contributed by atoms with E-state index in [1.807, 2.05) is 0 Å². The standard InChI is InChI=1S/C9H17NO2/c11-9-6-10-5-8(9)7-1-3-12-4-2-7/h7-11H,1-6H2. The molecule has 2 aliphatic rings. The van der Waals surface area contributed by atoms with Crippen LogP contribution in [0.3, 0.4) is 0 Å². The molecular formula is C9H17NO2. The van der Waals surface area contributed by atoms with Crippen molar-refractivity contribution in [3.63, 3.8) is 0 Å². The first kappa shape index (κ1) is 8.48. The van der Waals surface area contributed by atoms with E-state index in [1.54, 1.807) is 0 Å². The highest BCUT2D eigenvalue weighted by atomic mass is 16.5. The molecule has 0 bridgehead atoms. The average molecular weight is 171 g/mol. The summed E-state index contributed by atoms with van der Waals surface area (Å²) in [6.45, 7) is 3.54. The van der Waals surface area contributed by atoms with Gasteiger partial charge in [-0.25, -0.2) is 0 Å². The Kier molecular flexibility index (Phi) is 2.63. The predicted octanol–water partition coefficient (Wildman–Crippen LogP) is -0.00670. The van der Waals surface area contributed by atoms with Gasteiger partial charge < -0.3 is 15.2 Å². The third kappa shape index (κ3) is 1.63. The van der Waals surface area contributed by atoms with Crippen molar-refractivity contribution in [3.8, 4) is 0 Å². The van der Waals surface area contributed by atoms with E-state index in [-0.39, 0.29) is 6.10 Å². The van der Waals surface area contributed by atoms with Crippen LogP contribution in [0, 0.1) is 11.8 Å². The summed E-state index contributed by atoms with van der Waals surface area (Å²) in [4.78, 5) is 0. The minimum absolute atomic E-state index is 0.118. The third-order valence-corrected chi connectivity index (χ3v) is 3.10. The molecule has 2 fully saturated rings. The van der Waals surface area contributed by atoms with Crippen LogP contribution in [0.4, 0.5) is 0 Å². The van der Waals surface area contributed by atoms with Gasteiger partial charge >= 0.3 is 0 Å². The second kappa shape index (κ2) is 3.73. The first-order valence-corrected chi connectivity index (χ1v) is 4.84. The second-order valence-electron chi connectivity index (χ2n) is 3.84. The fourth-order valence-electron chi connectivity index (χ4n) is 2.31. The first-order chi connectivity index (χ1) is 5.88. The number of aliphatic hydroxyl groups is 1. The summed E-state index contributed by atoms with van der Waals surface area (Å²) in [6.07, 6.45) is 2.14. The van der Waals surface area contributed by atoms with Crippen molar-refractivity contribution in [1.29, 1.82) is 0 Å². The summed E-state index contributed by atoms with van der Waals surface area (Å²) in [5.41, 5.74) is 0. The molecule has 12 heavy (non-hydrogen) atoms. The first-order valence-electron chi connectivity index (χ1n) is 4.84. The lowest BCUT2D eigenvalue weighted by Gasteiger charge is -2.28. The Morgan fingerprint density at radius 3 is 2.50 bits per heavy atom. The molecule has 2 N–H and O–H groups in total. The summed E-state index contributed by atoms with van der Waals surface area (Å²) >= 11 is 0. The molecule has 70 valence electrons. The smallest absolute Gasteiger partial charge is 0.0707 e. The van der Waals surface area contributed by atoms with Crippen molar-refractivity contribution >= 4 is 0 Å². The molecule has 3 heteroatoms. The molecule has 2 atom stereocenters. The lowest BCUT2D eigenvalue weighted by atomic mass is 9.84. The van der Waals surface area contributed by atoms with Crippen LogP contribution in [0.1, 0.15) is 12.8 Å².